The molecule has 0 unspecified atom stereocenters. The van der Waals surface area contributed by atoms with Gasteiger partial charge in [0.25, 0.3) is 0 Å². The molecular formula is C124H84N4. The first-order valence-electron chi connectivity index (χ1n) is 44.5. The highest BCUT2D eigenvalue weighted by atomic mass is 15.0. The third-order valence-corrected chi connectivity index (χ3v) is 27.8. The topological polar surface area (TPSA) is 19.7 Å². The smallest absolute Gasteiger partial charge is 0.0714 e. The van der Waals surface area contributed by atoms with Crippen LogP contribution in [0.25, 0.3) is 199 Å². The minimum absolute atomic E-state index is 0.0950. The van der Waals surface area contributed by atoms with Crippen molar-refractivity contribution < 1.29 is 0 Å². The third-order valence-electron chi connectivity index (χ3n) is 27.8. The van der Waals surface area contributed by atoms with Crippen molar-refractivity contribution in [3.63, 3.8) is 0 Å². The largest absolute Gasteiger partial charge is 0.309 e. The predicted octanol–water partition coefficient (Wildman–Crippen LogP) is 32.4. The molecule has 0 bridgehead atoms. The molecule has 0 spiro atoms. The molecule has 26 rings (SSSR count). The van der Waals surface area contributed by atoms with Crippen LogP contribution in [0.5, 0.6) is 0 Å². The van der Waals surface area contributed by atoms with Gasteiger partial charge in [-0.15, -0.1) is 0 Å². The first-order chi connectivity index (χ1) is 63.2. The van der Waals surface area contributed by atoms with Crippen molar-refractivity contribution in [3.8, 4) is 112 Å². The first-order valence-corrected chi connectivity index (χ1v) is 44.5. The van der Waals surface area contributed by atoms with Gasteiger partial charge < -0.3 is 18.3 Å². The standard InChI is InChI=1S/C67H44N2.C57H40N2/c1-5-17-45(18-6-1)47-29-35-53(36-30-47)68-63-28-16-14-26-56(63)58-41-49(33-39-64(58)68)50-34-40-65-59(42-50)60-43-57-55-25-13-15-27-61(55)67(51-21-9-3-10-22-51,52-23-11-4-12-24-52)62(57)44-66(60)69(65)54-37-31-48(32-38-54)46-19-7-2-8-20-46;1-57(2)50-19-11-9-18-47(50)55-51(57)32-31-46-49-36-42(26-34-54(49)59(56(46)55)44-29-23-40(24-30-44)38-15-7-4-8-16-38)41-25-33-53-48(35-41)45-17-10-12-20-52(45)58(53)43-27-21-39(22-28-43)37-13-5-3-6-14-37/h1-44H;3-36H,1-2H3. The maximum absolute atomic E-state index is 2.52. The van der Waals surface area contributed by atoms with Gasteiger partial charge in [0.2, 0.25) is 0 Å². The lowest BCUT2D eigenvalue weighted by Gasteiger charge is -2.34. The fourth-order valence-corrected chi connectivity index (χ4v) is 21.7. The summed E-state index contributed by atoms with van der Waals surface area (Å²) in [7, 11) is 0. The molecule has 2 aliphatic carbocycles. The minimum Gasteiger partial charge on any atom is -0.309 e. The Bertz CT molecular complexity index is 8450. The Morgan fingerprint density at radius 1 is 0.164 bits per heavy atom. The van der Waals surface area contributed by atoms with Crippen LogP contribution in [0.1, 0.15) is 47.2 Å². The van der Waals surface area contributed by atoms with Crippen LogP contribution in [0.2, 0.25) is 0 Å². The van der Waals surface area contributed by atoms with Crippen molar-refractivity contribution in [1.82, 2.24) is 18.3 Å². The van der Waals surface area contributed by atoms with E-state index in [1.54, 1.807) is 0 Å². The lowest BCUT2D eigenvalue weighted by molar-refractivity contribution is 0.661. The number of aromatic nitrogens is 4. The van der Waals surface area contributed by atoms with Crippen LogP contribution in [-0.4, -0.2) is 18.3 Å². The number of rotatable bonds is 12. The van der Waals surface area contributed by atoms with Crippen molar-refractivity contribution in [2.45, 2.75) is 24.7 Å². The number of benzene rings is 20. The molecule has 2 aliphatic rings. The predicted molar refractivity (Wildman–Crippen MR) is 538 cm³/mol. The summed E-state index contributed by atoms with van der Waals surface area (Å²) in [6, 6.07) is 175. The van der Waals surface area contributed by atoms with Gasteiger partial charge in [-0.25, -0.2) is 0 Å². The van der Waals surface area contributed by atoms with E-state index >= 15 is 0 Å². The highest BCUT2D eigenvalue weighted by Gasteiger charge is 2.47. The monoisotopic (exact) mass is 1630 g/mol. The summed E-state index contributed by atoms with van der Waals surface area (Å²) in [5.41, 5.74) is 41.4. The molecule has 0 aliphatic heterocycles. The highest BCUT2D eigenvalue weighted by molar-refractivity contribution is 6.19. The molecule has 0 atom stereocenters. The number of fused-ring (bicyclic) bond motifs is 19. The van der Waals surface area contributed by atoms with Gasteiger partial charge in [0.15, 0.2) is 0 Å². The SMILES string of the molecule is CC1(C)c2ccccc2-c2c1ccc1c3cc(-c4ccc5c(c4)c4ccccc4n5-c4ccc(-c5ccccc5)cc4)ccc3n(-c3ccc(-c4ccccc4)cc3)c21.c1ccc(-c2ccc(-n3c4ccccc4c4cc(-c5ccc6c(c5)c5cc7c(cc5n6-c5ccc(-c6ccccc6)cc5)C(c5ccccc5)(c5ccccc5)c5ccccc5-7)ccc43)cc2)cc1. The molecule has 0 N–H and O–H groups in total. The zero-order valence-corrected chi connectivity index (χ0v) is 70.8. The van der Waals surface area contributed by atoms with Crippen LogP contribution in [0.15, 0.2) is 473 Å². The van der Waals surface area contributed by atoms with Gasteiger partial charge in [-0.05, 0) is 238 Å². The van der Waals surface area contributed by atoms with Crippen molar-refractivity contribution in [2.75, 3.05) is 0 Å². The summed E-state index contributed by atoms with van der Waals surface area (Å²) in [6.45, 7) is 4.74. The van der Waals surface area contributed by atoms with E-state index in [4.69, 9.17) is 0 Å². The molecule has 24 aromatic rings. The Labute approximate surface area is 743 Å². The van der Waals surface area contributed by atoms with Crippen molar-refractivity contribution in [3.05, 3.63) is 507 Å². The summed E-state index contributed by atoms with van der Waals surface area (Å²) in [6.07, 6.45) is 0. The molecule has 20 aromatic carbocycles. The second-order valence-corrected chi connectivity index (χ2v) is 35.0. The van der Waals surface area contributed by atoms with E-state index in [-0.39, 0.29) is 5.41 Å². The Morgan fingerprint density at radius 3 is 0.883 bits per heavy atom. The van der Waals surface area contributed by atoms with Crippen molar-refractivity contribution in [1.29, 1.82) is 0 Å². The number of hydrogen-bond acceptors (Lipinski definition) is 0. The minimum atomic E-state index is -0.509. The summed E-state index contributed by atoms with van der Waals surface area (Å²) in [5.74, 6) is 0. The molecule has 0 saturated heterocycles. The molecule has 4 heteroatoms. The zero-order chi connectivity index (χ0) is 84.7. The van der Waals surface area contributed by atoms with E-state index in [1.807, 2.05) is 0 Å². The lowest BCUT2D eigenvalue weighted by atomic mass is 9.67. The first kappa shape index (κ1) is 74.2. The normalized spacial score (nSPS) is 12.9. The van der Waals surface area contributed by atoms with Crippen LogP contribution in [0.3, 0.4) is 0 Å². The second kappa shape index (κ2) is 29.7. The molecule has 0 saturated carbocycles. The van der Waals surface area contributed by atoms with Crippen LogP contribution < -0.4 is 0 Å². The number of nitrogens with zero attached hydrogens (tertiary/aromatic N) is 4. The maximum Gasteiger partial charge on any atom is 0.0714 e. The summed E-state index contributed by atoms with van der Waals surface area (Å²) in [5, 5.41) is 9.99. The van der Waals surface area contributed by atoms with Crippen LogP contribution in [0.4, 0.5) is 0 Å². The molecule has 0 fully saturated rings. The van der Waals surface area contributed by atoms with E-state index in [9.17, 15) is 0 Å². The van der Waals surface area contributed by atoms with Crippen molar-refractivity contribution in [2.24, 2.45) is 0 Å². The highest BCUT2D eigenvalue weighted by Crippen LogP contribution is 2.59. The molecule has 0 radical (unpaired) electrons. The molecule has 4 heterocycles. The van der Waals surface area contributed by atoms with E-state index < -0.39 is 5.41 Å². The van der Waals surface area contributed by atoms with Crippen LogP contribution in [-0.2, 0) is 10.8 Å². The van der Waals surface area contributed by atoms with Gasteiger partial charge in [-0.3, -0.25) is 0 Å². The lowest BCUT2D eigenvalue weighted by Crippen LogP contribution is -2.28. The fourth-order valence-electron chi connectivity index (χ4n) is 21.7. The number of hydrogen-bond donors (Lipinski definition) is 0. The van der Waals surface area contributed by atoms with E-state index in [0.717, 1.165) is 17.1 Å². The van der Waals surface area contributed by atoms with Crippen molar-refractivity contribution >= 4 is 87.2 Å². The van der Waals surface area contributed by atoms with E-state index in [1.165, 1.54) is 215 Å². The van der Waals surface area contributed by atoms with Gasteiger partial charge in [-0.1, -0.05) is 366 Å². The molecule has 600 valence electrons. The van der Waals surface area contributed by atoms with Gasteiger partial charge >= 0.3 is 0 Å². The Kier molecular flexibility index (Phi) is 17.2. The Hall–Kier alpha value is -16.4. The van der Waals surface area contributed by atoms with Gasteiger partial charge in [0.1, 0.15) is 0 Å². The molecule has 4 aromatic heterocycles. The summed E-state index contributed by atoms with van der Waals surface area (Å²) in [4.78, 5) is 0. The molecule has 4 nitrogen and oxygen atoms in total. The fraction of sp³-hybridized carbons (Fsp3) is 0.0323. The average Bonchev–Trinajstić information content (AvgIpc) is 1.53. The van der Waals surface area contributed by atoms with Crippen LogP contribution in [0, 0.1) is 0 Å². The summed E-state index contributed by atoms with van der Waals surface area (Å²) >= 11 is 0. The van der Waals surface area contributed by atoms with E-state index in [0.29, 0.717) is 0 Å². The average molecular weight is 1630 g/mol. The Balaban J connectivity index is 0.000000141. The molecule has 128 heavy (non-hydrogen) atoms. The quantitative estimate of drug-likeness (QED) is 0.116. The zero-order valence-electron chi connectivity index (χ0n) is 70.8. The van der Waals surface area contributed by atoms with Crippen LogP contribution >= 0.6 is 0 Å². The molecule has 0 amide bonds. The van der Waals surface area contributed by atoms with Gasteiger partial charge in [-0.2, -0.15) is 0 Å². The Morgan fingerprint density at radius 2 is 0.461 bits per heavy atom. The maximum atomic E-state index is 2.52. The van der Waals surface area contributed by atoms with E-state index in [2.05, 4.69) is 505 Å². The molecular weight excluding hydrogens is 1550 g/mol. The summed E-state index contributed by atoms with van der Waals surface area (Å²) < 4.78 is 9.82. The van der Waals surface area contributed by atoms with Gasteiger partial charge in [0.05, 0.1) is 49.5 Å². The second-order valence-electron chi connectivity index (χ2n) is 35.0. The third kappa shape index (κ3) is 11.7. The van der Waals surface area contributed by atoms with Gasteiger partial charge in [0, 0.05) is 76.8 Å². The number of para-hydroxylation sites is 2.